The number of nitrogens with zero attached hydrogens (tertiary/aromatic N) is 1. The molecule has 0 saturated carbocycles. The number of esters is 1. The normalized spacial score (nSPS) is 16.0. The van der Waals surface area contributed by atoms with Gasteiger partial charge in [0, 0.05) is 26.3 Å². The third-order valence-electron chi connectivity index (χ3n) is 9.13. The van der Waals surface area contributed by atoms with Gasteiger partial charge >= 0.3 is 17.9 Å². The van der Waals surface area contributed by atoms with Gasteiger partial charge in [-0.2, -0.15) is 0 Å². The van der Waals surface area contributed by atoms with E-state index in [1.807, 2.05) is 0 Å². The highest BCUT2D eigenvalue weighted by molar-refractivity contribution is 6.38. The summed E-state index contributed by atoms with van der Waals surface area (Å²) in [7, 11) is 0. The summed E-state index contributed by atoms with van der Waals surface area (Å²) >= 11 is 0. The van der Waals surface area contributed by atoms with E-state index in [1.165, 1.54) is 11.0 Å². The summed E-state index contributed by atoms with van der Waals surface area (Å²) in [5, 5.41) is 32.9. The minimum atomic E-state index is -1.53. The maximum absolute atomic E-state index is 14.0. The Morgan fingerprint density at radius 1 is 0.746 bits per heavy atom. The highest BCUT2D eigenvalue weighted by Crippen LogP contribution is 2.21. The zero-order valence-electron chi connectivity index (χ0n) is 34.4. The Labute approximate surface area is 342 Å². The highest BCUT2D eigenvalue weighted by atomic mass is 16.5. The van der Waals surface area contributed by atoms with Gasteiger partial charge in [0.05, 0.1) is 6.04 Å². The van der Waals surface area contributed by atoms with Crippen molar-refractivity contribution in [2.45, 2.75) is 129 Å². The fourth-order valence-corrected chi connectivity index (χ4v) is 6.04. The molecule has 1 aliphatic rings. The van der Waals surface area contributed by atoms with Gasteiger partial charge < -0.3 is 51.8 Å². The van der Waals surface area contributed by atoms with E-state index >= 15 is 0 Å². The molecule has 21 nitrogen and oxygen atoms in total. The van der Waals surface area contributed by atoms with E-state index < -0.39 is 139 Å². The van der Waals surface area contributed by atoms with Gasteiger partial charge in [0.25, 0.3) is 5.91 Å². The average molecular weight is 838 g/mol. The van der Waals surface area contributed by atoms with Crippen molar-refractivity contribution in [1.82, 2.24) is 36.8 Å². The summed E-state index contributed by atoms with van der Waals surface area (Å²) in [5.74, 6) is -11.4. The zero-order chi connectivity index (χ0) is 45.0. The monoisotopic (exact) mass is 837 g/mol. The molecule has 21 heteroatoms. The van der Waals surface area contributed by atoms with E-state index in [2.05, 4.69) is 38.5 Å². The Bertz CT molecular complexity index is 1580. The molecule has 8 N–H and O–H groups in total. The van der Waals surface area contributed by atoms with Crippen molar-refractivity contribution in [3.8, 4) is 0 Å². The molecule has 0 spiro atoms. The van der Waals surface area contributed by atoms with Gasteiger partial charge in [-0.15, -0.1) is 0 Å². The van der Waals surface area contributed by atoms with Crippen molar-refractivity contribution in [2.75, 3.05) is 19.7 Å². The second-order valence-corrected chi connectivity index (χ2v) is 14.7. The second kappa shape index (κ2) is 25.5. The van der Waals surface area contributed by atoms with Crippen LogP contribution >= 0.6 is 0 Å². The number of likely N-dealkylation sites (tertiary alicyclic amines) is 1. The standard InChI is InChI=1S/C38H59N7O14/c1-8-11-23(32(52)37(57)39-19-29(51)59-18-9-2)41-35(55)26-12-10-17-45(26)38(58)31(21(5)6)44-36(56)30(20(3)4)43-34(54)25(14-16-28(49)50)42-33(53)24(40-22(7)46)13-15-27(47)48/h9,20-21,23-26,30-31H,2,8,10-19H2,1,3-7H3,(H,39,57)(H,40,46)(H,41,55)(H,42,53)(H,43,54)(H,44,56)(H,47,48)(H,49,50)/t23-,24-,25?,26-,30-,31-/m0/s1. The number of carbonyl (C=O) groups is 11. The number of amides is 7. The molecule has 0 bridgehead atoms. The molecular formula is C38H59N7O14. The number of carbonyl (C=O) groups excluding carboxylic acids is 9. The number of rotatable bonds is 26. The summed E-state index contributed by atoms with van der Waals surface area (Å²) in [4.78, 5) is 141. The first kappa shape index (κ1) is 51.1. The molecule has 6 atom stereocenters. The minimum absolute atomic E-state index is 0.0774. The topological polar surface area (TPSA) is 313 Å². The molecule has 1 fully saturated rings. The van der Waals surface area contributed by atoms with E-state index in [0.717, 1.165) is 6.92 Å². The largest absolute Gasteiger partial charge is 0.481 e. The SMILES string of the molecule is C=CCOC(=O)CNC(=O)C(=O)[C@H](CCC)NC(=O)[C@@H]1CCCN1C(=O)[C@@H](NC(=O)[C@@H](NC(=O)C(CCC(=O)O)NC(=O)[C@H](CCC(=O)O)NC(C)=O)C(C)C)C(C)C. The number of nitrogens with one attached hydrogen (secondary N) is 6. The summed E-state index contributed by atoms with van der Waals surface area (Å²) in [6.07, 6.45) is 0.544. The third kappa shape index (κ3) is 17.6. The predicted molar refractivity (Wildman–Crippen MR) is 208 cm³/mol. The van der Waals surface area contributed by atoms with Crippen LogP contribution in [0.3, 0.4) is 0 Å². The van der Waals surface area contributed by atoms with Gasteiger partial charge in [-0.3, -0.25) is 52.7 Å². The van der Waals surface area contributed by atoms with Gasteiger partial charge in [0.1, 0.15) is 43.4 Å². The average Bonchev–Trinajstić information content (AvgIpc) is 3.66. The fourth-order valence-electron chi connectivity index (χ4n) is 6.04. The molecule has 59 heavy (non-hydrogen) atoms. The van der Waals surface area contributed by atoms with Crippen molar-refractivity contribution in [2.24, 2.45) is 11.8 Å². The number of hydrogen-bond donors (Lipinski definition) is 8. The Hall–Kier alpha value is -5.89. The van der Waals surface area contributed by atoms with E-state index in [9.17, 15) is 57.8 Å². The van der Waals surface area contributed by atoms with Crippen LogP contribution in [0.4, 0.5) is 0 Å². The maximum Gasteiger partial charge on any atom is 0.325 e. The van der Waals surface area contributed by atoms with Crippen LogP contribution < -0.4 is 31.9 Å². The molecule has 7 amide bonds. The molecule has 0 aromatic carbocycles. The number of aliphatic carboxylic acids is 2. The Kier molecular flexibility index (Phi) is 22.1. The molecule has 1 saturated heterocycles. The smallest absolute Gasteiger partial charge is 0.325 e. The number of ether oxygens (including phenoxy) is 1. The van der Waals surface area contributed by atoms with Gasteiger partial charge in [-0.05, 0) is 43.9 Å². The predicted octanol–water partition coefficient (Wildman–Crippen LogP) is -1.32. The van der Waals surface area contributed by atoms with Crippen LogP contribution in [0.2, 0.25) is 0 Å². The molecule has 1 rings (SSSR count). The molecule has 0 aromatic rings. The zero-order valence-corrected chi connectivity index (χ0v) is 34.4. The first-order valence-electron chi connectivity index (χ1n) is 19.5. The van der Waals surface area contributed by atoms with Crippen LogP contribution in [0.5, 0.6) is 0 Å². The van der Waals surface area contributed by atoms with Crippen molar-refractivity contribution in [3.63, 3.8) is 0 Å². The lowest BCUT2D eigenvalue weighted by molar-refractivity contribution is -0.146. The van der Waals surface area contributed by atoms with Gasteiger partial charge in [-0.25, -0.2) is 0 Å². The molecule has 330 valence electrons. The molecule has 0 aromatic heterocycles. The van der Waals surface area contributed by atoms with Crippen LogP contribution in [0, 0.1) is 11.8 Å². The number of hydrogen-bond acceptors (Lipinski definition) is 12. The molecule has 1 aliphatic heterocycles. The van der Waals surface area contributed by atoms with Crippen LogP contribution in [0.25, 0.3) is 0 Å². The van der Waals surface area contributed by atoms with Gasteiger partial charge in [-0.1, -0.05) is 53.7 Å². The Morgan fingerprint density at radius 3 is 1.80 bits per heavy atom. The van der Waals surface area contributed by atoms with E-state index in [0.29, 0.717) is 12.8 Å². The third-order valence-corrected chi connectivity index (χ3v) is 9.13. The fraction of sp³-hybridized carbons (Fsp3) is 0.658. The van der Waals surface area contributed by atoms with Gasteiger partial charge in [0.2, 0.25) is 41.2 Å². The molecule has 0 radical (unpaired) electrons. The van der Waals surface area contributed by atoms with E-state index in [4.69, 9.17) is 9.84 Å². The van der Waals surface area contributed by atoms with Crippen molar-refractivity contribution in [1.29, 1.82) is 0 Å². The van der Waals surface area contributed by atoms with Crippen LogP contribution in [0.1, 0.15) is 92.9 Å². The summed E-state index contributed by atoms with van der Waals surface area (Å²) in [6, 6.07) is -7.79. The van der Waals surface area contributed by atoms with Crippen molar-refractivity contribution < 1.29 is 67.7 Å². The van der Waals surface area contributed by atoms with E-state index in [1.54, 1.807) is 34.6 Å². The van der Waals surface area contributed by atoms with Crippen LogP contribution in [-0.4, -0.2) is 136 Å². The quantitative estimate of drug-likeness (QED) is 0.0285. The lowest BCUT2D eigenvalue weighted by Crippen LogP contribution is -2.61. The van der Waals surface area contributed by atoms with Crippen LogP contribution in [0.15, 0.2) is 12.7 Å². The number of Topliss-reactive ketones (excluding diaryl/α,β-unsaturated/α-hetero) is 1. The lowest BCUT2D eigenvalue weighted by Gasteiger charge is -2.33. The van der Waals surface area contributed by atoms with Crippen molar-refractivity contribution >= 4 is 65.0 Å². The second-order valence-electron chi connectivity index (χ2n) is 14.7. The molecule has 1 unspecified atom stereocenters. The molecule has 0 aliphatic carbocycles. The van der Waals surface area contributed by atoms with Crippen molar-refractivity contribution in [3.05, 3.63) is 12.7 Å². The number of ketones is 1. The summed E-state index contributed by atoms with van der Waals surface area (Å²) < 4.78 is 4.77. The minimum Gasteiger partial charge on any atom is -0.481 e. The Morgan fingerprint density at radius 2 is 1.29 bits per heavy atom. The number of carboxylic acid groups (broad SMARTS) is 2. The summed E-state index contributed by atoms with van der Waals surface area (Å²) in [5.41, 5.74) is 0. The lowest BCUT2D eigenvalue weighted by atomic mass is 9.98. The van der Waals surface area contributed by atoms with E-state index in [-0.39, 0.29) is 32.4 Å². The van der Waals surface area contributed by atoms with Crippen LogP contribution in [-0.2, 0) is 57.5 Å². The first-order valence-corrected chi connectivity index (χ1v) is 19.5. The number of carboxylic acids is 2. The first-order chi connectivity index (χ1) is 27.6. The maximum atomic E-state index is 14.0. The van der Waals surface area contributed by atoms with Gasteiger partial charge in [0.15, 0.2) is 0 Å². The Balaban J connectivity index is 3.20. The summed E-state index contributed by atoms with van der Waals surface area (Å²) in [6.45, 7) is 12.1. The highest BCUT2D eigenvalue weighted by Gasteiger charge is 2.41. The molecule has 1 heterocycles. The molecular weight excluding hydrogens is 778 g/mol.